The summed E-state index contributed by atoms with van der Waals surface area (Å²) < 4.78 is 0.459. The fourth-order valence-corrected chi connectivity index (χ4v) is 2.31. The molecule has 20 heavy (non-hydrogen) atoms. The molecule has 2 N–H and O–H groups in total. The van der Waals surface area contributed by atoms with Gasteiger partial charge in [0.1, 0.15) is 0 Å². The molecule has 0 bridgehead atoms. The van der Waals surface area contributed by atoms with Crippen LogP contribution in [-0.4, -0.2) is 28.6 Å². The first-order chi connectivity index (χ1) is 9.33. The zero-order chi connectivity index (χ0) is 15.3. The highest BCUT2D eigenvalue weighted by molar-refractivity contribution is 9.10. The van der Waals surface area contributed by atoms with E-state index in [2.05, 4.69) is 21.2 Å². The Morgan fingerprint density at radius 3 is 2.60 bits per heavy atom. The molecule has 1 aromatic rings. The fourth-order valence-electron chi connectivity index (χ4n) is 1.83. The number of amides is 1. The molecule has 1 atom stereocenters. The average Bonchev–Trinajstić information content (AvgIpc) is 2.36. The second-order valence-electron chi connectivity index (χ2n) is 4.94. The Balaban J connectivity index is 2.88. The minimum absolute atomic E-state index is 0.158. The van der Waals surface area contributed by atoms with Crippen LogP contribution in [0.5, 0.6) is 0 Å². The lowest BCUT2D eigenvalue weighted by molar-refractivity contribution is -0.385. The molecule has 0 aromatic heterocycles. The Hall–Kier alpha value is -1.47. The van der Waals surface area contributed by atoms with Crippen molar-refractivity contribution in [3.05, 3.63) is 38.3 Å². The second kappa shape index (κ2) is 7.35. The van der Waals surface area contributed by atoms with Crippen LogP contribution in [0, 0.1) is 16.0 Å². The second-order valence-corrected chi connectivity index (χ2v) is 5.85. The number of non-ortho nitro benzene ring substituents is 1. The van der Waals surface area contributed by atoms with Crippen molar-refractivity contribution in [2.24, 2.45) is 5.92 Å². The van der Waals surface area contributed by atoms with E-state index in [0.717, 1.165) is 0 Å². The number of halogens is 1. The molecule has 0 aliphatic rings. The number of hydrogen-bond donors (Lipinski definition) is 2. The van der Waals surface area contributed by atoms with Gasteiger partial charge in [-0.15, -0.1) is 0 Å². The number of nitro benzene ring substituents is 1. The zero-order valence-electron chi connectivity index (χ0n) is 11.3. The number of carbonyl (C=O) groups excluding carboxylic acids is 1. The van der Waals surface area contributed by atoms with Gasteiger partial charge in [-0.1, -0.05) is 29.8 Å². The molecule has 0 aliphatic carbocycles. The molecule has 0 saturated heterocycles. The van der Waals surface area contributed by atoms with E-state index in [4.69, 9.17) is 0 Å². The van der Waals surface area contributed by atoms with Gasteiger partial charge in [0.2, 0.25) is 0 Å². The Morgan fingerprint density at radius 1 is 1.45 bits per heavy atom. The summed E-state index contributed by atoms with van der Waals surface area (Å²) >= 11 is 3.14. The van der Waals surface area contributed by atoms with Gasteiger partial charge in [-0.3, -0.25) is 14.9 Å². The molecule has 7 heteroatoms. The van der Waals surface area contributed by atoms with Crippen LogP contribution in [0.15, 0.2) is 22.7 Å². The molecule has 0 fully saturated rings. The van der Waals surface area contributed by atoms with Crippen molar-refractivity contribution in [3.8, 4) is 0 Å². The van der Waals surface area contributed by atoms with Crippen molar-refractivity contribution < 1.29 is 14.8 Å². The standard InChI is InChI=1S/C13H17BrN2O4/c1-8(2)3-11(7-17)15-13(18)9-4-10(14)6-12(5-9)16(19)20/h4-6,8,11,17H,3,7H2,1-2H3,(H,15,18). The SMILES string of the molecule is CC(C)CC(CO)NC(=O)c1cc(Br)cc([N+](=O)[O-])c1. The molecule has 0 saturated carbocycles. The number of aliphatic hydroxyl groups is 1. The Labute approximate surface area is 125 Å². The van der Waals surface area contributed by atoms with E-state index in [1.54, 1.807) is 0 Å². The predicted molar refractivity (Wildman–Crippen MR) is 78.6 cm³/mol. The van der Waals surface area contributed by atoms with Gasteiger partial charge in [-0.25, -0.2) is 0 Å². The number of rotatable bonds is 6. The molecule has 0 heterocycles. The van der Waals surface area contributed by atoms with Gasteiger partial charge in [0.25, 0.3) is 11.6 Å². The topological polar surface area (TPSA) is 92.5 Å². The van der Waals surface area contributed by atoms with Crippen molar-refractivity contribution >= 4 is 27.5 Å². The maximum Gasteiger partial charge on any atom is 0.271 e. The van der Waals surface area contributed by atoms with Crippen LogP contribution in [0.2, 0.25) is 0 Å². The van der Waals surface area contributed by atoms with Gasteiger partial charge in [0.05, 0.1) is 17.6 Å². The van der Waals surface area contributed by atoms with E-state index in [9.17, 15) is 20.0 Å². The summed E-state index contributed by atoms with van der Waals surface area (Å²) in [6, 6.07) is 3.69. The molecule has 6 nitrogen and oxygen atoms in total. The number of aliphatic hydroxyl groups excluding tert-OH is 1. The lowest BCUT2D eigenvalue weighted by Crippen LogP contribution is -2.38. The van der Waals surface area contributed by atoms with E-state index in [1.807, 2.05) is 13.8 Å². The number of nitrogens with one attached hydrogen (secondary N) is 1. The largest absolute Gasteiger partial charge is 0.394 e. The smallest absolute Gasteiger partial charge is 0.271 e. The van der Waals surface area contributed by atoms with E-state index < -0.39 is 10.8 Å². The third-order valence-corrected chi connectivity index (χ3v) is 3.12. The molecule has 1 amide bonds. The summed E-state index contributed by atoms with van der Waals surface area (Å²) in [7, 11) is 0. The number of hydrogen-bond acceptors (Lipinski definition) is 4. The van der Waals surface area contributed by atoms with E-state index in [0.29, 0.717) is 16.8 Å². The molecule has 1 unspecified atom stereocenters. The van der Waals surface area contributed by atoms with E-state index >= 15 is 0 Å². The first kappa shape index (κ1) is 16.6. The van der Waals surface area contributed by atoms with Crippen molar-refractivity contribution in [2.75, 3.05) is 6.61 Å². The third kappa shape index (κ3) is 4.90. The summed E-state index contributed by atoms with van der Waals surface area (Å²) in [4.78, 5) is 22.3. The molecular weight excluding hydrogens is 328 g/mol. The highest BCUT2D eigenvalue weighted by Crippen LogP contribution is 2.21. The third-order valence-electron chi connectivity index (χ3n) is 2.67. The van der Waals surface area contributed by atoms with Crippen molar-refractivity contribution in [1.82, 2.24) is 5.32 Å². The monoisotopic (exact) mass is 344 g/mol. The molecule has 110 valence electrons. The van der Waals surface area contributed by atoms with Gasteiger partial charge in [0.15, 0.2) is 0 Å². The van der Waals surface area contributed by atoms with Crippen LogP contribution in [0.25, 0.3) is 0 Å². The van der Waals surface area contributed by atoms with Crippen molar-refractivity contribution in [2.45, 2.75) is 26.3 Å². The summed E-state index contributed by atoms with van der Waals surface area (Å²) in [5.41, 5.74) is 0.0298. The van der Waals surface area contributed by atoms with Crippen LogP contribution in [0.4, 0.5) is 5.69 Å². The van der Waals surface area contributed by atoms with Gasteiger partial charge < -0.3 is 10.4 Å². The number of carbonyl (C=O) groups is 1. The molecular formula is C13H17BrN2O4. The minimum Gasteiger partial charge on any atom is -0.394 e. The maximum atomic E-state index is 12.1. The maximum absolute atomic E-state index is 12.1. The Morgan fingerprint density at radius 2 is 2.10 bits per heavy atom. The van der Waals surface area contributed by atoms with E-state index in [1.165, 1.54) is 18.2 Å². The van der Waals surface area contributed by atoms with Gasteiger partial charge in [0, 0.05) is 22.2 Å². The van der Waals surface area contributed by atoms with Crippen molar-refractivity contribution in [1.29, 1.82) is 0 Å². The van der Waals surface area contributed by atoms with Crippen LogP contribution in [-0.2, 0) is 0 Å². The summed E-state index contributed by atoms with van der Waals surface area (Å²) in [6.45, 7) is 3.80. The Bertz CT molecular complexity index is 505. The average molecular weight is 345 g/mol. The Kier molecular flexibility index (Phi) is 6.09. The number of nitro groups is 1. The predicted octanol–water partition coefficient (Wildman–Crippen LogP) is 2.49. The van der Waals surface area contributed by atoms with Crippen LogP contribution >= 0.6 is 15.9 Å². The van der Waals surface area contributed by atoms with Crippen LogP contribution < -0.4 is 5.32 Å². The normalized spacial score (nSPS) is 12.2. The van der Waals surface area contributed by atoms with Crippen molar-refractivity contribution in [3.63, 3.8) is 0 Å². The highest BCUT2D eigenvalue weighted by atomic mass is 79.9. The molecule has 0 radical (unpaired) electrons. The molecule has 0 spiro atoms. The van der Waals surface area contributed by atoms with Crippen LogP contribution in [0.1, 0.15) is 30.6 Å². The molecule has 0 aliphatic heterocycles. The quantitative estimate of drug-likeness (QED) is 0.612. The van der Waals surface area contributed by atoms with E-state index in [-0.39, 0.29) is 23.9 Å². The summed E-state index contributed by atoms with van der Waals surface area (Å²) in [5, 5.41) is 22.7. The number of benzene rings is 1. The highest BCUT2D eigenvalue weighted by Gasteiger charge is 2.17. The number of nitrogens with zero attached hydrogens (tertiary/aromatic N) is 1. The summed E-state index contributed by atoms with van der Waals surface area (Å²) in [5.74, 6) is -0.113. The molecule has 1 aromatic carbocycles. The zero-order valence-corrected chi connectivity index (χ0v) is 12.9. The fraction of sp³-hybridized carbons (Fsp3) is 0.462. The van der Waals surface area contributed by atoms with Gasteiger partial charge >= 0.3 is 0 Å². The lowest BCUT2D eigenvalue weighted by Gasteiger charge is -2.18. The summed E-state index contributed by atoms with van der Waals surface area (Å²) in [6.07, 6.45) is 0.637. The lowest BCUT2D eigenvalue weighted by atomic mass is 10.0. The first-order valence-corrected chi connectivity index (χ1v) is 6.99. The molecule has 1 rings (SSSR count). The minimum atomic E-state index is -0.556. The van der Waals surface area contributed by atoms with Gasteiger partial charge in [-0.05, 0) is 18.4 Å². The van der Waals surface area contributed by atoms with Crippen LogP contribution in [0.3, 0.4) is 0 Å². The first-order valence-electron chi connectivity index (χ1n) is 6.20. The van der Waals surface area contributed by atoms with Gasteiger partial charge in [-0.2, -0.15) is 0 Å².